The Morgan fingerprint density at radius 1 is 1.06 bits per heavy atom. The highest BCUT2D eigenvalue weighted by molar-refractivity contribution is 7.92. The van der Waals surface area contributed by atoms with Crippen molar-refractivity contribution in [2.24, 2.45) is 0 Å². The summed E-state index contributed by atoms with van der Waals surface area (Å²) in [5.41, 5.74) is 0.00450. The third-order valence-corrected chi connectivity index (χ3v) is 6.10. The van der Waals surface area contributed by atoms with E-state index in [0.29, 0.717) is 31.9 Å². The molecule has 3 rings (SSSR count). The third kappa shape index (κ3) is 5.82. The van der Waals surface area contributed by atoms with E-state index in [1.807, 2.05) is 4.90 Å². The summed E-state index contributed by atoms with van der Waals surface area (Å²) < 4.78 is 94.6. The lowest BCUT2D eigenvalue weighted by Crippen LogP contribution is -2.43. The van der Waals surface area contributed by atoms with E-state index in [4.69, 9.17) is 0 Å². The minimum absolute atomic E-state index is 0.248. The van der Waals surface area contributed by atoms with Crippen molar-refractivity contribution in [1.29, 1.82) is 0 Å². The van der Waals surface area contributed by atoms with E-state index in [2.05, 4.69) is 14.9 Å². The van der Waals surface area contributed by atoms with Gasteiger partial charge in [0.05, 0.1) is 5.69 Å². The van der Waals surface area contributed by atoms with E-state index in [9.17, 15) is 35.2 Å². The molecule has 1 aliphatic rings. The van der Waals surface area contributed by atoms with Gasteiger partial charge in [0.25, 0.3) is 10.0 Å². The number of carbonyl (C=O) groups is 1. The molecule has 0 amide bonds. The van der Waals surface area contributed by atoms with E-state index in [1.54, 1.807) is 6.07 Å². The molecular weight excluding hydrogens is 477 g/mol. The zero-order valence-corrected chi connectivity index (χ0v) is 17.6. The molecule has 0 unspecified atom stereocenters. The van der Waals surface area contributed by atoms with Gasteiger partial charge in [-0.3, -0.25) is 0 Å². The van der Waals surface area contributed by atoms with Crippen molar-refractivity contribution in [3.8, 4) is 5.75 Å². The van der Waals surface area contributed by atoms with Crippen LogP contribution in [0.5, 0.6) is 5.75 Å². The fraction of sp³-hybridized carbons (Fsp3) is 0.316. The first-order valence-corrected chi connectivity index (χ1v) is 10.9. The molecule has 0 atom stereocenters. The van der Waals surface area contributed by atoms with Crippen molar-refractivity contribution >= 4 is 27.4 Å². The lowest BCUT2D eigenvalue weighted by atomic mass is 10.2. The van der Waals surface area contributed by atoms with Crippen molar-refractivity contribution in [2.45, 2.75) is 17.7 Å². The number of rotatable bonds is 7. The monoisotopic (exact) mass is 495 g/mol. The quantitative estimate of drug-likeness (QED) is 0.467. The lowest BCUT2D eigenvalue weighted by molar-refractivity contribution is -0.199. The van der Waals surface area contributed by atoms with Crippen LogP contribution in [0.25, 0.3) is 0 Å². The molecule has 1 heterocycles. The number of ether oxygens (including phenoxy) is 1. The zero-order chi connectivity index (χ0) is 24.2. The van der Waals surface area contributed by atoms with Crippen LogP contribution in [0.4, 0.5) is 33.3 Å². The van der Waals surface area contributed by atoms with Crippen LogP contribution in [-0.4, -0.2) is 53.4 Å². The average molecular weight is 495 g/mol. The predicted octanol–water partition coefficient (Wildman–Crippen LogP) is 2.91. The molecule has 14 heteroatoms. The SMILES string of the molecule is O=C(ON(c1cccc(N2CCNCC2)c1)S(=O)(=O)c1ccccc1OC(F)F)C(F)(F)F. The van der Waals surface area contributed by atoms with Gasteiger partial charge in [0.15, 0.2) is 0 Å². The number of sulfonamides is 1. The van der Waals surface area contributed by atoms with Gasteiger partial charge in [-0.1, -0.05) is 22.7 Å². The molecule has 0 aliphatic carbocycles. The maximum Gasteiger partial charge on any atom is 0.493 e. The van der Waals surface area contributed by atoms with E-state index >= 15 is 0 Å². The summed E-state index contributed by atoms with van der Waals surface area (Å²) in [6.45, 7) is -1.11. The number of para-hydroxylation sites is 1. The molecule has 1 N–H and O–H groups in total. The maximum absolute atomic E-state index is 13.2. The van der Waals surface area contributed by atoms with E-state index in [1.165, 1.54) is 18.2 Å². The summed E-state index contributed by atoms with van der Waals surface area (Å²) >= 11 is 0. The summed E-state index contributed by atoms with van der Waals surface area (Å²) in [5, 5.41) is 3.11. The summed E-state index contributed by atoms with van der Waals surface area (Å²) in [4.78, 5) is 16.7. The van der Waals surface area contributed by atoms with Crippen LogP contribution in [0.3, 0.4) is 0 Å². The number of piperazine rings is 1. The van der Waals surface area contributed by atoms with Crippen LogP contribution < -0.4 is 19.4 Å². The number of halogens is 5. The van der Waals surface area contributed by atoms with Crippen molar-refractivity contribution in [1.82, 2.24) is 5.32 Å². The van der Waals surface area contributed by atoms with Crippen LogP contribution in [0.1, 0.15) is 0 Å². The first kappa shape index (κ1) is 24.5. The van der Waals surface area contributed by atoms with Crippen LogP contribution >= 0.6 is 0 Å². The number of hydrogen-bond acceptors (Lipinski definition) is 7. The van der Waals surface area contributed by atoms with Crippen molar-refractivity contribution in [3.63, 3.8) is 0 Å². The Hall–Kier alpha value is -3.13. The summed E-state index contributed by atoms with van der Waals surface area (Å²) in [7, 11) is -5.13. The zero-order valence-electron chi connectivity index (χ0n) is 16.8. The molecule has 0 saturated carbocycles. The predicted molar refractivity (Wildman–Crippen MR) is 106 cm³/mol. The molecule has 2 aromatic carbocycles. The van der Waals surface area contributed by atoms with Gasteiger partial charge in [-0.25, -0.2) is 4.79 Å². The molecule has 180 valence electrons. The van der Waals surface area contributed by atoms with Gasteiger partial charge in [-0.05, 0) is 30.3 Å². The summed E-state index contributed by atoms with van der Waals surface area (Å²) in [6, 6.07) is 9.32. The van der Waals surface area contributed by atoms with Gasteiger partial charge in [-0.15, -0.1) is 0 Å². The molecule has 1 fully saturated rings. The van der Waals surface area contributed by atoms with Crippen molar-refractivity contribution in [3.05, 3.63) is 48.5 Å². The van der Waals surface area contributed by atoms with Gasteiger partial charge in [-0.2, -0.15) is 30.4 Å². The Morgan fingerprint density at radius 3 is 2.36 bits per heavy atom. The molecule has 0 bridgehead atoms. The van der Waals surface area contributed by atoms with Crippen LogP contribution in [0.2, 0.25) is 0 Å². The standard InChI is InChI=1S/C19H18F5N3O5S/c20-18(21)31-15-6-1-2-7-16(15)33(29,30)27(32-17(28)19(22,23)24)14-5-3-4-13(12-14)26-10-8-25-9-11-26/h1-7,12,18,25H,8-11H2. The van der Waals surface area contributed by atoms with Crippen molar-refractivity contribution in [2.75, 3.05) is 35.5 Å². The number of carbonyl (C=O) groups excluding carboxylic acids is 1. The number of alkyl halides is 5. The second kappa shape index (κ2) is 9.79. The number of benzene rings is 2. The van der Waals surface area contributed by atoms with Crippen LogP contribution in [0.15, 0.2) is 53.4 Å². The minimum atomic E-state index is -5.52. The number of nitrogens with one attached hydrogen (secondary N) is 1. The highest BCUT2D eigenvalue weighted by Crippen LogP contribution is 2.34. The Kier molecular flexibility index (Phi) is 7.27. The smallest absolute Gasteiger partial charge is 0.433 e. The molecule has 2 aromatic rings. The van der Waals surface area contributed by atoms with Gasteiger partial charge in [0.1, 0.15) is 10.6 Å². The first-order chi connectivity index (χ1) is 15.5. The fourth-order valence-electron chi connectivity index (χ4n) is 3.04. The third-order valence-electron chi connectivity index (χ3n) is 4.48. The number of anilines is 2. The fourth-order valence-corrected chi connectivity index (χ4v) is 4.40. The largest absolute Gasteiger partial charge is 0.493 e. The Bertz CT molecular complexity index is 1090. The Balaban J connectivity index is 2.08. The number of nitrogens with zero attached hydrogens (tertiary/aromatic N) is 2. The molecule has 8 nitrogen and oxygen atoms in total. The normalized spacial score (nSPS) is 14.8. The van der Waals surface area contributed by atoms with Gasteiger partial charge < -0.3 is 19.8 Å². The molecular formula is C19H18F5N3O5S. The van der Waals surface area contributed by atoms with Gasteiger partial charge >= 0.3 is 18.8 Å². The molecule has 1 saturated heterocycles. The number of hydrogen-bond donors (Lipinski definition) is 1. The summed E-state index contributed by atoms with van der Waals surface area (Å²) in [6.07, 6.45) is -5.52. The second-order valence-electron chi connectivity index (χ2n) is 6.69. The average Bonchev–Trinajstić information content (AvgIpc) is 2.77. The molecule has 1 aliphatic heterocycles. The minimum Gasteiger partial charge on any atom is -0.433 e. The summed E-state index contributed by atoms with van der Waals surface area (Å²) in [5.74, 6) is -3.65. The van der Waals surface area contributed by atoms with Crippen LogP contribution in [0, 0.1) is 0 Å². The Labute approximate surface area is 185 Å². The van der Waals surface area contributed by atoms with Gasteiger partial charge in [0.2, 0.25) is 0 Å². The van der Waals surface area contributed by atoms with E-state index in [-0.39, 0.29) is 4.47 Å². The molecule has 0 spiro atoms. The Morgan fingerprint density at radius 2 is 1.73 bits per heavy atom. The highest BCUT2D eigenvalue weighted by Gasteiger charge is 2.45. The van der Waals surface area contributed by atoms with Gasteiger partial charge in [0, 0.05) is 31.9 Å². The lowest BCUT2D eigenvalue weighted by Gasteiger charge is -2.30. The topological polar surface area (TPSA) is 88.2 Å². The first-order valence-electron chi connectivity index (χ1n) is 9.44. The van der Waals surface area contributed by atoms with E-state index < -0.39 is 45.1 Å². The maximum atomic E-state index is 13.2. The highest BCUT2D eigenvalue weighted by atomic mass is 32.2. The molecule has 33 heavy (non-hydrogen) atoms. The molecule has 0 aromatic heterocycles. The van der Waals surface area contributed by atoms with Crippen molar-refractivity contribution < 1.29 is 44.7 Å². The van der Waals surface area contributed by atoms with E-state index in [0.717, 1.165) is 24.3 Å². The van der Waals surface area contributed by atoms with Crippen LogP contribution in [-0.2, 0) is 19.7 Å². The molecule has 0 radical (unpaired) electrons. The second-order valence-corrected chi connectivity index (χ2v) is 8.41.